The van der Waals surface area contributed by atoms with E-state index in [-0.39, 0.29) is 11.8 Å². The molecule has 6 heteroatoms. The largest absolute Gasteiger partial charge is 0.378 e. The van der Waals surface area contributed by atoms with E-state index < -0.39 is 0 Å². The molecule has 2 aliphatic rings. The first-order chi connectivity index (χ1) is 9.83. The fourth-order valence-electron chi connectivity index (χ4n) is 2.34. The molecule has 1 aromatic rings. The van der Waals surface area contributed by atoms with Crippen molar-refractivity contribution < 1.29 is 9.53 Å². The number of carbonyl (C=O) groups is 1. The predicted octanol–water partition coefficient (Wildman–Crippen LogP) is -0.246. The molecule has 1 aromatic heterocycles. The first kappa shape index (κ1) is 13.3. The summed E-state index contributed by atoms with van der Waals surface area (Å²) in [5, 5.41) is 6.08. The zero-order valence-electron chi connectivity index (χ0n) is 11.5. The number of rotatable bonds is 4. The van der Waals surface area contributed by atoms with E-state index in [9.17, 15) is 4.79 Å². The third-order valence-corrected chi connectivity index (χ3v) is 3.76. The van der Waals surface area contributed by atoms with Gasteiger partial charge in [-0.2, -0.15) is 0 Å². The van der Waals surface area contributed by atoms with Crippen molar-refractivity contribution in [3.8, 4) is 0 Å². The van der Waals surface area contributed by atoms with Gasteiger partial charge in [-0.05, 0) is 17.7 Å². The summed E-state index contributed by atoms with van der Waals surface area (Å²) in [7, 11) is 0. The van der Waals surface area contributed by atoms with Crippen LogP contribution in [0.3, 0.4) is 0 Å². The third kappa shape index (κ3) is 3.08. The van der Waals surface area contributed by atoms with Crippen LogP contribution in [0.1, 0.15) is 5.56 Å². The van der Waals surface area contributed by atoms with Crippen molar-refractivity contribution in [1.82, 2.24) is 15.6 Å². The van der Waals surface area contributed by atoms with Gasteiger partial charge in [0.1, 0.15) is 5.82 Å². The van der Waals surface area contributed by atoms with Gasteiger partial charge >= 0.3 is 0 Å². The molecule has 2 saturated heterocycles. The number of hydrogen-bond acceptors (Lipinski definition) is 5. The number of nitrogens with one attached hydrogen (secondary N) is 2. The fraction of sp³-hybridized carbons (Fsp3) is 0.571. The van der Waals surface area contributed by atoms with Crippen molar-refractivity contribution in [2.45, 2.75) is 6.54 Å². The van der Waals surface area contributed by atoms with Crippen LogP contribution in [0.15, 0.2) is 18.3 Å². The van der Waals surface area contributed by atoms with Crippen LogP contribution in [-0.2, 0) is 16.1 Å². The zero-order chi connectivity index (χ0) is 13.8. The van der Waals surface area contributed by atoms with Gasteiger partial charge in [0.2, 0.25) is 5.91 Å². The first-order valence-electron chi connectivity index (χ1n) is 7.09. The molecule has 0 spiro atoms. The lowest BCUT2D eigenvalue weighted by atomic mass is 10.0. The van der Waals surface area contributed by atoms with Crippen LogP contribution in [0.4, 0.5) is 5.82 Å². The van der Waals surface area contributed by atoms with E-state index in [0.717, 1.165) is 50.8 Å². The highest BCUT2D eigenvalue weighted by Crippen LogP contribution is 2.14. The van der Waals surface area contributed by atoms with Gasteiger partial charge in [-0.25, -0.2) is 4.98 Å². The van der Waals surface area contributed by atoms with E-state index >= 15 is 0 Å². The van der Waals surface area contributed by atoms with Crippen molar-refractivity contribution in [3.05, 3.63) is 23.9 Å². The van der Waals surface area contributed by atoms with Gasteiger partial charge < -0.3 is 20.3 Å². The molecule has 1 amide bonds. The lowest BCUT2D eigenvalue weighted by Crippen LogP contribution is -2.50. The van der Waals surface area contributed by atoms with Crippen molar-refractivity contribution >= 4 is 11.7 Å². The van der Waals surface area contributed by atoms with Gasteiger partial charge in [-0.1, -0.05) is 0 Å². The summed E-state index contributed by atoms with van der Waals surface area (Å²) in [5.74, 6) is 1.23. The van der Waals surface area contributed by atoms with Crippen LogP contribution in [0.25, 0.3) is 0 Å². The third-order valence-electron chi connectivity index (χ3n) is 3.76. The molecule has 2 N–H and O–H groups in total. The Kier molecular flexibility index (Phi) is 4.13. The number of hydrogen-bond donors (Lipinski definition) is 2. The molecule has 0 saturated carbocycles. The number of aromatic nitrogens is 1. The Hall–Kier alpha value is -1.66. The highest BCUT2D eigenvalue weighted by atomic mass is 16.5. The minimum Gasteiger partial charge on any atom is -0.378 e. The molecule has 0 radical (unpaired) electrons. The zero-order valence-corrected chi connectivity index (χ0v) is 11.5. The van der Waals surface area contributed by atoms with Crippen LogP contribution in [-0.4, -0.2) is 50.3 Å². The number of anilines is 1. The highest BCUT2D eigenvalue weighted by Gasteiger charge is 2.24. The topological polar surface area (TPSA) is 66.5 Å². The maximum absolute atomic E-state index is 11.8. The number of carbonyl (C=O) groups excluding carboxylic acids is 1. The van der Waals surface area contributed by atoms with Crippen LogP contribution >= 0.6 is 0 Å². The van der Waals surface area contributed by atoms with Gasteiger partial charge in [0.25, 0.3) is 0 Å². The Morgan fingerprint density at radius 1 is 1.45 bits per heavy atom. The molecular formula is C14H20N4O2. The molecule has 2 fully saturated rings. The van der Waals surface area contributed by atoms with E-state index in [1.807, 2.05) is 12.1 Å². The summed E-state index contributed by atoms with van der Waals surface area (Å²) in [4.78, 5) is 18.4. The normalized spacial score (nSPS) is 19.5. The Balaban J connectivity index is 1.57. The second-order valence-corrected chi connectivity index (χ2v) is 5.19. The Morgan fingerprint density at radius 2 is 2.25 bits per heavy atom. The molecule has 6 nitrogen and oxygen atoms in total. The maximum Gasteiger partial charge on any atom is 0.225 e. The predicted molar refractivity (Wildman–Crippen MR) is 75.5 cm³/mol. The summed E-state index contributed by atoms with van der Waals surface area (Å²) in [5.41, 5.74) is 1.09. The second kappa shape index (κ2) is 6.19. The molecular weight excluding hydrogens is 256 g/mol. The number of pyridine rings is 1. The summed E-state index contributed by atoms with van der Waals surface area (Å²) in [6.45, 7) is 5.39. The molecule has 0 unspecified atom stereocenters. The molecule has 3 heterocycles. The minimum atomic E-state index is 0.133. The van der Waals surface area contributed by atoms with Crippen LogP contribution < -0.4 is 15.5 Å². The van der Waals surface area contributed by atoms with Crippen LogP contribution in [0.2, 0.25) is 0 Å². The average molecular weight is 276 g/mol. The Morgan fingerprint density at radius 3 is 2.95 bits per heavy atom. The smallest absolute Gasteiger partial charge is 0.225 e. The van der Waals surface area contributed by atoms with Crippen molar-refractivity contribution in [1.29, 1.82) is 0 Å². The second-order valence-electron chi connectivity index (χ2n) is 5.19. The van der Waals surface area contributed by atoms with Crippen LogP contribution in [0, 0.1) is 5.92 Å². The Labute approximate surface area is 118 Å². The van der Waals surface area contributed by atoms with Gasteiger partial charge in [0, 0.05) is 38.9 Å². The van der Waals surface area contributed by atoms with E-state index in [4.69, 9.17) is 4.74 Å². The summed E-state index contributed by atoms with van der Waals surface area (Å²) >= 11 is 0. The number of nitrogens with zero attached hydrogens (tertiary/aromatic N) is 2. The number of ether oxygens (including phenoxy) is 1. The molecule has 2 aliphatic heterocycles. The van der Waals surface area contributed by atoms with Crippen molar-refractivity contribution in [3.63, 3.8) is 0 Å². The molecule has 0 aromatic carbocycles. The summed E-state index contributed by atoms with van der Waals surface area (Å²) < 4.78 is 5.34. The van der Waals surface area contributed by atoms with Crippen LogP contribution in [0.5, 0.6) is 0 Å². The summed E-state index contributed by atoms with van der Waals surface area (Å²) in [6, 6.07) is 3.99. The molecule has 108 valence electrons. The maximum atomic E-state index is 11.8. The van der Waals surface area contributed by atoms with E-state index in [1.165, 1.54) is 0 Å². The minimum absolute atomic E-state index is 0.133. The molecule has 20 heavy (non-hydrogen) atoms. The fourth-order valence-corrected chi connectivity index (χ4v) is 2.34. The number of amides is 1. The van der Waals surface area contributed by atoms with E-state index in [1.54, 1.807) is 6.20 Å². The molecule has 3 rings (SSSR count). The standard InChI is InChI=1S/C14H20N4O2/c19-14(12-9-15-10-12)17-8-11-1-2-16-13(7-11)18-3-5-20-6-4-18/h1-2,7,12,15H,3-6,8-10H2,(H,17,19). The monoisotopic (exact) mass is 276 g/mol. The van der Waals surface area contributed by atoms with Crippen molar-refractivity contribution in [2.75, 3.05) is 44.3 Å². The average Bonchev–Trinajstić information content (AvgIpc) is 2.45. The molecule has 0 bridgehead atoms. The molecule has 0 aliphatic carbocycles. The lowest BCUT2D eigenvalue weighted by molar-refractivity contribution is -0.126. The van der Waals surface area contributed by atoms with Crippen molar-refractivity contribution in [2.24, 2.45) is 5.92 Å². The van der Waals surface area contributed by atoms with Gasteiger partial charge in [0.15, 0.2) is 0 Å². The quantitative estimate of drug-likeness (QED) is 0.794. The highest BCUT2D eigenvalue weighted by molar-refractivity contribution is 5.80. The van der Waals surface area contributed by atoms with E-state index in [2.05, 4.69) is 20.5 Å². The summed E-state index contributed by atoms with van der Waals surface area (Å²) in [6.07, 6.45) is 1.80. The van der Waals surface area contributed by atoms with Gasteiger partial charge in [0.05, 0.1) is 19.1 Å². The molecule has 0 atom stereocenters. The Bertz CT molecular complexity index is 470. The van der Waals surface area contributed by atoms with Gasteiger partial charge in [-0.3, -0.25) is 4.79 Å². The number of morpholine rings is 1. The SMILES string of the molecule is O=C(NCc1ccnc(N2CCOCC2)c1)C1CNC1. The first-order valence-corrected chi connectivity index (χ1v) is 7.09. The lowest BCUT2D eigenvalue weighted by Gasteiger charge is -2.28. The van der Waals surface area contributed by atoms with Gasteiger partial charge in [-0.15, -0.1) is 0 Å². The van der Waals surface area contributed by atoms with E-state index in [0.29, 0.717) is 6.54 Å².